The molecular weight excluding hydrogens is 276 g/mol. The third-order valence-electron chi connectivity index (χ3n) is 4.27. The molecule has 2 aromatic rings. The molecule has 0 saturated carbocycles. The topological polar surface area (TPSA) is 0 Å². The first-order valence-corrected chi connectivity index (χ1v) is 7.32. The molecule has 0 aromatic heterocycles. The minimum absolute atomic E-state index is 0. The monoisotopic (exact) mass is 298 g/mol. The van der Waals surface area contributed by atoms with Crippen molar-refractivity contribution in [2.24, 2.45) is 0 Å². The fourth-order valence-corrected chi connectivity index (χ4v) is 2.92. The van der Waals surface area contributed by atoms with E-state index in [-0.39, 0.29) is 21.7 Å². The van der Waals surface area contributed by atoms with Crippen molar-refractivity contribution >= 4 is 0 Å². The Labute approximate surface area is 137 Å². The van der Waals surface area contributed by atoms with E-state index in [1.165, 1.54) is 33.4 Å². The van der Waals surface area contributed by atoms with Crippen molar-refractivity contribution in [3.63, 3.8) is 0 Å². The van der Waals surface area contributed by atoms with E-state index in [0.29, 0.717) is 11.8 Å². The molecule has 0 fully saturated rings. The fraction of sp³-hybridized carbons (Fsp3) is 0.368. The molecule has 2 aromatic carbocycles. The molecule has 0 aliphatic heterocycles. The van der Waals surface area contributed by atoms with Crippen LogP contribution in [0.4, 0.5) is 0 Å². The summed E-state index contributed by atoms with van der Waals surface area (Å²) in [5, 5.41) is 0. The predicted molar refractivity (Wildman–Crippen MR) is 82.9 cm³/mol. The summed E-state index contributed by atoms with van der Waals surface area (Å²) in [7, 11) is 0. The first-order chi connectivity index (χ1) is 9.06. The molecule has 0 saturated heterocycles. The van der Waals surface area contributed by atoms with Crippen LogP contribution in [0.2, 0.25) is 0 Å². The van der Waals surface area contributed by atoms with Crippen LogP contribution in [0.1, 0.15) is 61.8 Å². The summed E-state index contributed by atoms with van der Waals surface area (Å²) in [6.45, 7) is 9.06. The Morgan fingerprint density at radius 3 is 1.45 bits per heavy atom. The zero-order valence-electron chi connectivity index (χ0n) is 12.8. The maximum Gasteiger partial charge on any atom is 0 e. The Hall–Kier alpha value is -0.846. The summed E-state index contributed by atoms with van der Waals surface area (Å²) >= 11 is 0. The minimum Gasteiger partial charge on any atom is -0.0587 e. The van der Waals surface area contributed by atoms with Crippen molar-refractivity contribution < 1.29 is 21.7 Å². The molecule has 0 spiro atoms. The number of fused-ring (bicyclic) bond motifs is 3. The quantitative estimate of drug-likeness (QED) is 0.548. The Morgan fingerprint density at radius 1 is 0.700 bits per heavy atom. The molecule has 1 heteroatoms. The van der Waals surface area contributed by atoms with Gasteiger partial charge in [-0.3, -0.25) is 0 Å². The largest absolute Gasteiger partial charge is 0.0587 e. The Balaban J connectivity index is 0.00000147. The van der Waals surface area contributed by atoms with Gasteiger partial charge in [0.25, 0.3) is 0 Å². The van der Waals surface area contributed by atoms with Crippen molar-refractivity contribution in [3.05, 3.63) is 58.7 Å². The van der Waals surface area contributed by atoms with Gasteiger partial charge in [-0.05, 0) is 51.6 Å². The van der Waals surface area contributed by atoms with Gasteiger partial charge in [-0.25, -0.2) is 0 Å². The van der Waals surface area contributed by atoms with Crippen LogP contribution in [0.5, 0.6) is 0 Å². The van der Waals surface area contributed by atoms with Crippen molar-refractivity contribution in [2.45, 2.75) is 46.0 Å². The van der Waals surface area contributed by atoms with Gasteiger partial charge in [0.1, 0.15) is 0 Å². The fourth-order valence-electron chi connectivity index (χ4n) is 2.92. The van der Waals surface area contributed by atoms with Crippen LogP contribution in [0.3, 0.4) is 0 Å². The molecule has 3 rings (SSSR count). The van der Waals surface area contributed by atoms with E-state index in [1.807, 2.05) is 0 Å². The van der Waals surface area contributed by atoms with Gasteiger partial charge in [0.2, 0.25) is 0 Å². The molecule has 20 heavy (non-hydrogen) atoms. The van der Waals surface area contributed by atoms with E-state index in [0.717, 1.165) is 6.42 Å². The van der Waals surface area contributed by atoms with Crippen molar-refractivity contribution in [1.82, 2.24) is 0 Å². The van der Waals surface area contributed by atoms with E-state index < -0.39 is 0 Å². The van der Waals surface area contributed by atoms with Gasteiger partial charge in [-0.2, -0.15) is 0 Å². The second-order valence-corrected chi connectivity index (χ2v) is 6.32. The van der Waals surface area contributed by atoms with E-state index in [9.17, 15) is 0 Å². The normalized spacial score (nSPS) is 12.3. The Kier molecular flexibility index (Phi) is 4.57. The second-order valence-electron chi connectivity index (χ2n) is 6.32. The minimum atomic E-state index is 0. The van der Waals surface area contributed by atoms with Crippen LogP contribution in [0, 0.1) is 0 Å². The van der Waals surface area contributed by atoms with Gasteiger partial charge >= 0.3 is 0 Å². The average molecular weight is 298 g/mol. The Bertz CT molecular complexity index is 568. The molecule has 0 radical (unpaired) electrons. The number of benzene rings is 2. The Morgan fingerprint density at radius 2 is 1.10 bits per heavy atom. The molecule has 0 heterocycles. The maximum absolute atomic E-state index is 2.40. The SMILES string of the molecule is CC(C)c1ccc2c(c1)-c1cc(C(C)C)ccc1C2.[Ti]. The molecule has 0 N–H and O–H groups in total. The van der Waals surface area contributed by atoms with E-state index >= 15 is 0 Å². The van der Waals surface area contributed by atoms with Gasteiger partial charge in [0, 0.05) is 21.7 Å². The molecule has 1 aliphatic rings. The molecule has 0 nitrogen and oxygen atoms in total. The van der Waals surface area contributed by atoms with E-state index in [2.05, 4.69) is 64.1 Å². The average Bonchev–Trinajstić information content (AvgIpc) is 2.75. The zero-order valence-corrected chi connectivity index (χ0v) is 14.4. The summed E-state index contributed by atoms with van der Waals surface area (Å²) in [6, 6.07) is 14.0. The number of rotatable bonds is 2. The van der Waals surface area contributed by atoms with E-state index in [4.69, 9.17) is 0 Å². The molecule has 0 atom stereocenters. The summed E-state index contributed by atoms with van der Waals surface area (Å²) in [5.74, 6) is 1.20. The molecular formula is C19H22Ti. The summed E-state index contributed by atoms with van der Waals surface area (Å²) < 4.78 is 0. The van der Waals surface area contributed by atoms with Crippen LogP contribution in [-0.4, -0.2) is 0 Å². The molecule has 102 valence electrons. The third kappa shape index (κ3) is 2.64. The second kappa shape index (κ2) is 5.88. The van der Waals surface area contributed by atoms with Crippen LogP contribution in [0.25, 0.3) is 11.1 Å². The standard InChI is InChI=1S/C19H22.Ti/c1-12(2)14-5-7-16-9-17-8-6-15(13(3)4)11-19(17)18(16)10-14;/h5-8,10-13H,9H2,1-4H3;. The molecule has 0 unspecified atom stereocenters. The van der Waals surface area contributed by atoms with Crippen LogP contribution in [-0.2, 0) is 28.1 Å². The van der Waals surface area contributed by atoms with Crippen LogP contribution in [0.15, 0.2) is 36.4 Å². The number of hydrogen-bond acceptors (Lipinski definition) is 0. The van der Waals surface area contributed by atoms with Crippen LogP contribution >= 0.6 is 0 Å². The van der Waals surface area contributed by atoms with Gasteiger partial charge in [0.15, 0.2) is 0 Å². The van der Waals surface area contributed by atoms with Crippen LogP contribution < -0.4 is 0 Å². The zero-order chi connectivity index (χ0) is 13.6. The maximum atomic E-state index is 2.40. The first-order valence-electron chi connectivity index (χ1n) is 7.32. The first kappa shape index (κ1) is 15.5. The van der Waals surface area contributed by atoms with Gasteiger partial charge in [0.05, 0.1) is 0 Å². The van der Waals surface area contributed by atoms with Gasteiger partial charge in [-0.1, -0.05) is 64.1 Å². The van der Waals surface area contributed by atoms with Crippen molar-refractivity contribution in [3.8, 4) is 11.1 Å². The van der Waals surface area contributed by atoms with E-state index in [1.54, 1.807) is 0 Å². The predicted octanol–water partition coefficient (Wildman–Crippen LogP) is 5.50. The van der Waals surface area contributed by atoms with Crippen molar-refractivity contribution in [2.75, 3.05) is 0 Å². The van der Waals surface area contributed by atoms with Gasteiger partial charge in [-0.15, -0.1) is 0 Å². The molecule has 0 bridgehead atoms. The van der Waals surface area contributed by atoms with Crippen molar-refractivity contribution in [1.29, 1.82) is 0 Å². The van der Waals surface area contributed by atoms with Gasteiger partial charge < -0.3 is 0 Å². The molecule has 0 amide bonds. The third-order valence-corrected chi connectivity index (χ3v) is 4.27. The number of hydrogen-bond donors (Lipinski definition) is 0. The summed E-state index contributed by atoms with van der Waals surface area (Å²) in [5.41, 5.74) is 8.79. The molecule has 1 aliphatic carbocycles. The summed E-state index contributed by atoms with van der Waals surface area (Å²) in [6.07, 6.45) is 1.10. The summed E-state index contributed by atoms with van der Waals surface area (Å²) in [4.78, 5) is 0. The smallest absolute Gasteiger partial charge is 0 e.